The van der Waals surface area contributed by atoms with Crippen LogP contribution in [0, 0.1) is 0 Å². The average molecular weight is 300 g/mol. The highest BCUT2D eigenvalue weighted by Crippen LogP contribution is 2.33. The van der Waals surface area contributed by atoms with E-state index in [1.807, 2.05) is 18.2 Å². The highest BCUT2D eigenvalue weighted by atomic mass is 16.5. The van der Waals surface area contributed by atoms with Gasteiger partial charge >= 0.3 is 0 Å². The lowest BCUT2D eigenvalue weighted by Crippen LogP contribution is -2.31. The van der Waals surface area contributed by atoms with Gasteiger partial charge in [0.2, 0.25) is 0 Å². The predicted octanol–water partition coefficient (Wildman–Crippen LogP) is 3.05. The van der Waals surface area contributed by atoms with Gasteiger partial charge < -0.3 is 14.4 Å². The highest BCUT2D eigenvalue weighted by Gasteiger charge is 2.18. The van der Waals surface area contributed by atoms with Gasteiger partial charge in [0, 0.05) is 24.5 Å². The van der Waals surface area contributed by atoms with Crippen LogP contribution in [0.3, 0.4) is 0 Å². The summed E-state index contributed by atoms with van der Waals surface area (Å²) in [4.78, 5) is 18.4. The zero-order valence-electron chi connectivity index (χ0n) is 13.0. The first-order valence-electron chi connectivity index (χ1n) is 7.53. The number of hydrogen-bond donors (Lipinski definition) is 0. The van der Waals surface area contributed by atoms with Crippen molar-refractivity contribution >= 4 is 23.0 Å². The molecule has 0 saturated carbocycles. The van der Waals surface area contributed by atoms with Gasteiger partial charge in [0.05, 0.1) is 19.8 Å². The van der Waals surface area contributed by atoms with E-state index >= 15 is 0 Å². The lowest BCUT2D eigenvalue weighted by molar-refractivity contribution is 0.112. The Morgan fingerprint density at radius 3 is 2.50 bits per heavy atom. The fourth-order valence-electron chi connectivity index (χ4n) is 2.95. The molecule has 1 aliphatic heterocycles. The third kappa shape index (κ3) is 2.58. The van der Waals surface area contributed by atoms with E-state index in [2.05, 4.69) is 4.90 Å². The van der Waals surface area contributed by atoms with Crippen molar-refractivity contribution in [3.05, 3.63) is 23.8 Å². The molecule has 1 fully saturated rings. The molecular weight excluding hydrogens is 280 g/mol. The fraction of sp³-hybridized carbons (Fsp3) is 0.412. The lowest BCUT2D eigenvalue weighted by atomic mass is 10.1. The molecule has 1 aromatic carbocycles. The number of nitrogens with zero attached hydrogens (tertiary/aromatic N) is 2. The molecule has 0 bridgehead atoms. The molecular formula is C17H20N2O3. The molecule has 3 rings (SSSR count). The number of piperidine rings is 1. The van der Waals surface area contributed by atoms with Crippen LogP contribution in [0.2, 0.25) is 0 Å². The van der Waals surface area contributed by atoms with Gasteiger partial charge in [-0.3, -0.25) is 4.79 Å². The minimum absolute atomic E-state index is 0.615. The number of aldehydes is 1. The zero-order valence-corrected chi connectivity index (χ0v) is 13.0. The normalized spacial score (nSPS) is 14.9. The number of rotatable bonds is 4. The van der Waals surface area contributed by atoms with Gasteiger partial charge in [-0.15, -0.1) is 0 Å². The largest absolute Gasteiger partial charge is 0.497 e. The van der Waals surface area contributed by atoms with E-state index in [1.54, 1.807) is 14.2 Å². The van der Waals surface area contributed by atoms with Crippen LogP contribution >= 0.6 is 0 Å². The first-order chi connectivity index (χ1) is 10.8. The molecule has 116 valence electrons. The standard InChI is InChI=1S/C17H20N2O3/c1-21-14-9-12-8-13(11-20)17(19-6-4-3-5-7-19)18-16(12)15(10-14)22-2/h8-11H,3-7H2,1-2H3. The van der Waals surface area contributed by atoms with Crippen LogP contribution in [-0.2, 0) is 0 Å². The average Bonchev–Trinajstić information content (AvgIpc) is 2.60. The number of ether oxygens (including phenoxy) is 2. The van der Waals surface area contributed by atoms with Gasteiger partial charge in [-0.25, -0.2) is 4.98 Å². The van der Waals surface area contributed by atoms with Crippen molar-refractivity contribution in [3.8, 4) is 11.5 Å². The molecule has 5 heteroatoms. The van der Waals surface area contributed by atoms with Gasteiger partial charge in [-0.1, -0.05) is 0 Å². The molecule has 0 atom stereocenters. The number of benzene rings is 1. The molecule has 1 aliphatic rings. The van der Waals surface area contributed by atoms with E-state index in [1.165, 1.54) is 6.42 Å². The molecule has 5 nitrogen and oxygen atoms in total. The Labute approximate surface area is 129 Å². The summed E-state index contributed by atoms with van der Waals surface area (Å²) in [5.41, 5.74) is 1.37. The maximum absolute atomic E-state index is 11.5. The van der Waals surface area contributed by atoms with Crippen LogP contribution in [-0.4, -0.2) is 38.6 Å². The van der Waals surface area contributed by atoms with Gasteiger partial charge in [0.25, 0.3) is 0 Å². The van der Waals surface area contributed by atoms with Gasteiger partial charge in [-0.2, -0.15) is 0 Å². The summed E-state index contributed by atoms with van der Waals surface area (Å²) in [5.74, 6) is 2.10. The maximum atomic E-state index is 11.5. The summed E-state index contributed by atoms with van der Waals surface area (Å²) in [6.45, 7) is 1.88. The molecule has 0 amide bonds. The summed E-state index contributed by atoms with van der Waals surface area (Å²) in [5, 5.41) is 0.846. The summed E-state index contributed by atoms with van der Waals surface area (Å²) in [6.07, 6.45) is 4.39. The number of aromatic nitrogens is 1. The molecule has 1 aromatic heterocycles. The van der Waals surface area contributed by atoms with E-state index in [-0.39, 0.29) is 0 Å². The molecule has 0 unspecified atom stereocenters. The number of carbonyl (C=O) groups excluding carboxylic acids is 1. The van der Waals surface area contributed by atoms with Crippen LogP contribution in [0.15, 0.2) is 18.2 Å². The van der Waals surface area contributed by atoms with Crippen molar-refractivity contribution in [2.24, 2.45) is 0 Å². The van der Waals surface area contributed by atoms with Crippen molar-refractivity contribution in [1.82, 2.24) is 4.98 Å². The molecule has 22 heavy (non-hydrogen) atoms. The Kier molecular flexibility index (Phi) is 4.13. The van der Waals surface area contributed by atoms with E-state index in [9.17, 15) is 4.79 Å². The van der Waals surface area contributed by atoms with E-state index in [0.717, 1.165) is 48.9 Å². The van der Waals surface area contributed by atoms with E-state index < -0.39 is 0 Å². The Morgan fingerprint density at radius 1 is 1.09 bits per heavy atom. The Bertz CT molecular complexity index is 694. The third-order valence-corrected chi connectivity index (χ3v) is 4.10. The summed E-state index contributed by atoms with van der Waals surface area (Å²) < 4.78 is 10.7. The Morgan fingerprint density at radius 2 is 1.86 bits per heavy atom. The van der Waals surface area contributed by atoms with E-state index in [0.29, 0.717) is 17.1 Å². The number of carbonyl (C=O) groups is 1. The number of hydrogen-bond acceptors (Lipinski definition) is 5. The number of fused-ring (bicyclic) bond motifs is 1. The third-order valence-electron chi connectivity index (χ3n) is 4.10. The molecule has 1 saturated heterocycles. The minimum Gasteiger partial charge on any atom is -0.497 e. The first kappa shape index (κ1) is 14.6. The molecule has 0 N–H and O–H groups in total. The second-order valence-corrected chi connectivity index (χ2v) is 5.47. The van der Waals surface area contributed by atoms with Crippen molar-refractivity contribution < 1.29 is 14.3 Å². The van der Waals surface area contributed by atoms with Crippen molar-refractivity contribution in [2.75, 3.05) is 32.2 Å². The molecule has 0 spiro atoms. The topological polar surface area (TPSA) is 51.7 Å². The number of methoxy groups -OCH3 is 2. The number of pyridine rings is 1. The van der Waals surface area contributed by atoms with Crippen LogP contribution < -0.4 is 14.4 Å². The van der Waals surface area contributed by atoms with Gasteiger partial charge in [0.1, 0.15) is 22.8 Å². The quantitative estimate of drug-likeness (QED) is 0.812. The predicted molar refractivity (Wildman–Crippen MR) is 86.3 cm³/mol. The zero-order chi connectivity index (χ0) is 15.5. The second-order valence-electron chi connectivity index (χ2n) is 5.47. The van der Waals surface area contributed by atoms with Crippen molar-refractivity contribution in [1.29, 1.82) is 0 Å². The Hall–Kier alpha value is -2.30. The van der Waals surface area contributed by atoms with Gasteiger partial charge in [-0.05, 0) is 31.4 Å². The molecule has 2 heterocycles. The highest BCUT2D eigenvalue weighted by molar-refractivity contribution is 5.95. The van der Waals surface area contributed by atoms with Crippen LogP contribution in [0.5, 0.6) is 11.5 Å². The number of anilines is 1. The summed E-state index contributed by atoms with van der Waals surface area (Å²) in [7, 11) is 3.22. The summed E-state index contributed by atoms with van der Waals surface area (Å²) in [6, 6.07) is 5.55. The lowest BCUT2D eigenvalue weighted by Gasteiger charge is -2.29. The summed E-state index contributed by atoms with van der Waals surface area (Å²) >= 11 is 0. The monoisotopic (exact) mass is 300 g/mol. The SMILES string of the molecule is COc1cc(OC)c2nc(N3CCCCC3)c(C=O)cc2c1. The second kappa shape index (κ2) is 6.22. The van der Waals surface area contributed by atoms with Gasteiger partial charge in [0.15, 0.2) is 6.29 Å². The van der Waals surface area contributed by atoms with Crippen LogP contribution in [0.25, 0.3) is 10.9 Å². The fourth-order valence-corrected chi connectivity index (χ4v) is 2.95. The van der Waals surface area contributed by atoms with Crippen molar-refractivity contribution in [2.45, 2.75) is 19.3 Å². The van der Waals surface area contributed by atoms with Crippen LogP contribution in [0.4, 0.5) is 5.82 Å². The Balaban J connectivity index is 2.17. The van der Waals surface area contributed by atoms with Crippen molar-refractivity contribution in [3.63, 3.8) is 0 Å². The smallest absolute Gasteiger partial charge is 0.153 e. The molecule has 2 aromatic rings. The minimum atomic E-state index is 0.615. The first-order valence-corrected chi connectivity index (χ1v) is 7.53. The molecule has 0 radical (unpaired) electrons. The van der Waals surface area contributed by atoms with Crippen LogP contribution in [0.1, 0.15) is 29.6 Å². The maximum Gasteiger partial charge on any atom is 0.153 e. The van der Waals surface area contributed by atoms with E-state index in [4.69, 9.17) is 14.5 Å². The molecule has 0 aliphatic carbocycles.